The number of anilines is 1. The van der Waals surface area contributed by atoms with Gasteiger partial charge in [-0.2, -0.15) is 0 Å². The van der Waals surface area contributed by atoms with Gasteiger partial charge in [0.1, 0.15) is 11.5 Å². The monoisotopic (exact) mass is 405 g/mol. The summed E-state index contributed by atoms with van der Waals surface area (Å²) >= 11 is 0. The summed E-state index contributed by atoms with van der Waals surface area (Å²) in [5.74, 6) is 1.43. The average molecular weight is 405 g/mol. The molecule has 2 aromatic carbocycles. The molecule has 0 bridgehead atoms. The maximum absolute atomic E-state index is 13.1. The highest BCUT2D eigenvalue weighted by atomic mass is 16.5. The number of allylic oxidation sites excluding steroid dienone is 2. The highest BCUT2D eigenvalue weighted by molar-refractivity contribution is 6.22. The zero-order valence-electron chi connectivity index (χ0n) is 17.9. The molecule has 2 aromatic rings. The third-order valence-electron chi connectivity index (χ3n) is 5.96. The minimum absolute atomic E-state index is 0.0436. The van der Waals surface area contributed by atoms with Crippen molar-refractivity contribution >= 4 is 17.3 Å². The lowest BCUT2D eigenvalue weighted by Gasteiger charge is -2.45. The maximum Gasteiger partial charge on any atom is 0.170 e. The fourth-order valence-corrected chi connectivity index (χ4v) is 4.54. The summed E-state index contributed by atoms with van der Waals surface area (Å²) in [5, 5.41) is 0. The van der Waals surface area contributed by atoms with E-state index < -0.39 is 0 Å². The summed E-state index contributed by atoms with van der Waals surface area (Å²) in [7, 11) is 3.27. The van der Waals surface area contributed by atoms with E-state index in [2.05, 4.69) is 18.7 Å². The number of ketones is 2. The van der Waals surface area contributed by atoms with Gasteiger partial charge in [0.15, 0.2) is 11.6 Å². The van der Waals surface area contributed by atoms with Crippen molar-refractivity contribution < 1.29 is 19.1 Å². The quantitative estimate of drug-likeness (QED) is 0.680. The van der Waals surface area contributed by atoms with Gasteiger partial charge in [-0.05, 0) is 53.8 Å². The number of ether oxygens (including phenoxy) is 2. The Balaban J connectivity index is 1.87. The molecule has 0 radical (unpaired) electrons. The van der Waals surface area contributed by atoms with Gasteiger partial charge in [0, 0.05) is 24.2 Å². The Bertz CT molecular complexity index is 1000. The van der Waals surface area contributed by atoms with Gasteiger partial charge < -0.3 is 14.4 Å². The van der Waals surface area contributed by atoms with Gasteiger partial charge in [0.25, 0.3) is 0 Å². The van der Waals surface area contributed by atoms with Gasteiger partial charge in [0.05, 0.1) is 25.8 Å². The van der Waals surface area contributed by atoms with Crippen LogP contribution in [0.4, 0.5) is 5.69 Å². The minimum atomic E-state index is -0.192. The Hall–Kier alpha value is -3.08. The Kier molecular flexibility index (Phi) is 5.14. The first-order valence-electron chi connectivity index (χ1n) is 10.2. The van der Waals surface area contributed by atoms with E-state index in [4.69, 9.17) is 9.47 Å². The smallest absolute Gasteiger partial charge is 0.170 e. The number of methoxy groups -OCH3 is 2. The van der Waals surface area contributed by atoms with Crippen molar-refractivity contribution in [3.05, 3.63) is 65.4 Å². The summed E-state index contributed by atoms with van der Waals surface area (Å²) in [5.41, 5.74) is 2.99. The van der Waals surface area contributed by atoms with Crippen molar-refractivity contribution in [2.45, 2.75) is 39.2 Å². The van der Waals surface area contributed by atoms with Crippen LogP contribution in [0.15, 0.2) is 59.8 Å². The molecule has 0 saturated carbocycles. The van der Waals surface area contributed by atoms with Crippen LogP contribution in [0.5, 0.6) is 11.5 Å². The van der Waals surface area contributed by atoms with Crippen LogP contribution >= 0.6 is 0 Å². The number of nitrogens with zero attached hydrogens (tertiary/aromatic N) is 1. The highest BCUT2D eigenvalue weighted by Gasteiger charge is 2.44. The molecule has 0 saturated heterocycles. The molecule has 0 spiro atoms. The fraction of sp³-hybridized carbons (Fsp3) is 0.360. The molecule has 1 unspecified atom stereocenters. The van der Waals surface area contributed by atoms with Gasteiger partial charge in [-0.15, -0.1) is 0 Å². The Morgan fingerprint density at radius 3 is 1.97 bits per heavy atom. The van der Waals surface area contributed by atoms with E-state index in [1.165, 1.54) is 0 Å². The van der Waals surface area contributed by atoms with Gasteiger partial charge in [-0.1, -0.05) is 26.0 Å². The molecule has 5 nitrogen and oxygen atoms in total. The van der Waals surface area contributed by atoms with E-state index in [0.29, 0.717) is 18.4 Å². The normalized spacial score (nSPS) is 20.8. The minimum Gasteiger partial charge on any atom is -0.497 e. The molecular weight excluding hydrogens is 378 g/mol. The molecule has 1 atom stereocenters. The summed E-state index contributed by atoms with van der Waals surface area (Å²) in [4.78, 5) is 28.2. The van der Waals surface area contributed by atoms with E-state index in [0.717, 1.165) is 28.4 Å². The van der Waals surface area contributed by atoms with Crippen molar-refractivity contribution in [2.24, 2.45) is 5.41 Å². The zero-order chi connectivity index (χ0) is 21.5. The van der Waals surface area contributed by atoms with E-state index in [1.807, 2.05) is 48.5 Å². The predicted molar refractivity (Wildman–Crippen MR) is 116 cm³/mol. The number of hydrogen-bond donors (Lipinski definition) is 0. The SMILES string of the molecule is COc1ccc(C2CC(=O)C3=C(CC(C)(C)CC3=O)N2c2ccc(OC)cc2)cc1. The van der Waals surface area contributed by atoms with Crippen molar-refractivity contribution in [1.29, 1.82) is 0 Å². The predicted octanol–water partition coefficient (Wildman–Crippen LogP) is 4.87. The molecule has 30 heavy (non-hydrogen) atoms. The lowest BCUT2D eigenvalue weighted by atomic mass is 9.72. The van der Waals surface area contributed by atoms with Crippen molar-refractivity contribution in [2.75, 3.05) is 19.1 Å². The summed E-state index contributed by atoms with van der Waals surface area (Å²) in [6.45, 7) is 4.17. The summed E-state index contributed by atoms with van der Waals surface area (Å²) < 4.78 is 10.6. The van der Waals surface area contributed by atoms with Crippen LogP contribution in [0.3, 0.4) is 0 Å². The lowest BCUT2D eigenvalue weighted by molar-refractivity contribution is -0.124. The van der Waals surface area contributed by atoms with Crippen molar-refractivity contribution in [3.63, 3.8) is 0 Å². The Morgan fingerprint density at radius 2 is 1.40 bits per heavy atom. The molecule has 5 heteroatoms. The van der Waals surface area contributed by atoms with E-state index in [-0.39, 0.29) is 29.4 Å². The van der Waals surface area contributed by atoms with Crippen LogP contribution < -0.4 is 14.4 Å². The number of carbonyl (C=O) groups is 2. The van der Waals surface area contributed by atoms with Crippen LogP contribution in [0.25, 0.3) is 0 Å². The molecule has 0 fully saturated rings. The molecule has 2 aliphatic rings. The summed E-state index contributed by atoms with van der Waals surface area (Å²) in [6, 6.07) is 15.4. The first-order chi connectivity index (χ1) is 14.3. The first-order valence-corrected chi connectivity index (χ1v) is 10.2. The Morgan fingerprint density at radius 1 is 0.833 bits per heavy atom. The number of rotatable bonds is 4. The van der Waals surface area contributed by atoms with Gasteiger partial charge in [-0.3, -0.25) is 9.59 Å². The number of carbonyl (C=O) groups excluding carboxylic acids is 2. The molecule has 1 heterocycles. The standard InChI is InChI=1S/C25H27NO4/c1-25(2)14-21-24(23(28)15-25)22(27)13-20(16-5-9-18(29-3)10-6-16)26(21)17-7-11-19(30-4)12-8-17/h5-12,20H,13-15H2,1-4H3. The largest absolute Gasteiger partial charge is 0.497 e. The van der Waals surface area contributed by atoms with Crippen LogP contribution in [0.2, 0.25) is 0 Å². The average Bonchev–Trinajstić information content (AvgIpc) is 2.72. The molecule has 1 aliphatic heterocycles. The van der Waals surface area contributed by atoms with E-state index >= 15 is 0 Å². The second kappa shape index (κ2) is 7.63. The molecule has 1 aliphatic carbocycles. The number of benzene rings is 2. The first kappa shape index (κ1) is 20.2. The second-order valence-electron chi connectivity index (χ2n) is 8.75. The van der Waals surface area contributed by atoms with Crippen LogP contribution in [0, 0.1) is 5.41 Å². The third kappa shape index (κ3) is 3.60. The zero-order valence-corrected chi connectivity index (χ0v) is 17.9. The number of hydrogen-bond acceptors (Lipinski definition) is 5. The lowest BCUT2D eigenvalue weighted by Crippen LogP contribution is -2.43. The molecule has 156 valence electrons. The van der Waals surface area contributed by atoms with Gasteiger partial charge >= 0.3 is 0 Å². The molecule has 0 aromatic heterocycles. The van der Waals surface area contributed by atoms with Gasteiger partial charge in [-0.25, -0.2) is 0 Å². The van der Waals surface area contributed by atoms with Crippen molar-refractivity contribution in [1.82, 2.24) is 0 Å². The third-order valence-corrected chi connectivity index (χ3v) is 5.96. The van der Waals surface area contributed by atoms with E-state index in [9.17, 15) is 9.59 Å². The second-order valence-corrected chi connectivity index (χ2v) is 8.75. The van der Waals surface area contributed by atoms with Crippen molar-refractivity contribution in [3.8, 4) is 11.5 Å². The van der Waals surface area contributed by atoms with Crippen LogP contribution in [-0.4, -0.2) is 25.8 Å². The maximum atomic E-state index is 13.1. The van der Waals surface area contributed by atoms with Gasteiger partial charge in [0.2, 0.25) is 0 Å². The highest BCUT2D eigenvalue weighted by Crippen LogP contribution is 2.47. The topological polar surface area (TPSA) is 55.8 Å². The molecule has 4 rings (SSSR count). The van der Waals surface area contributed by atoms with E-state index in [1.54, 1.807) is 14.2 Å². The summed E-state index contributed by atoms with van der Waals surface area (Å²) in [6.07, 6.45) is 1.35. The Labute approximate surface area is 177 Å². The molecule has 0 N–H and O–H groups in total. The molecule has 0 amide bonds. The van der Waals surface area contributed by atoms with Crippen LogP contribution in [-0.2, 0) is 9.59 Å². The number of Topliss-reactive ketones (excluding diaryl/α,β-unsaturated/α-hetero) is 2. The fourth-order valence-electron chi connectivity index (χ4n) is 4.54. The molecular formula is C25H27NO4. The van der Waals surface area contributed by atoms with Crippen LogP contribution in [0.1, 0.15) is 44.7 Å².